The van der Waals surface area contributed by atoms with Crippen LogP contribution in [0.5, 0.6) is 0 Å². The van der Waals surface area contributed by atoms with Crippen LogP contribution >= 0.6 is 11.6 Å². The highest BCUT2D eigenvalue weighted by Crippen LogP contribution is 2.39. The molecule has 0 radical (unpaired) electrons. The van der Waals surface area contributed by atoms with E-state index in [1.807, 2.05) is 7.05 Å². The predicted molar refractivity (Wildman–Crippen MR) is 53.1 cm³/mol. The molecule has 0 aliphatic heterocycles. The minimum absolute atomic E-state index is 0.671. The Morgan fingerprint density at radius 1 is 1.69 bits per heavy atom. The highest BCUT2D eigenvalue weighted by Gasteiger charge is 2.28. The van der Waals surface area contributed by atoms with Gasteiger partial charge in [0, 0.05) is 19.0 Å². The summed E-state index contributed by atoms with van der Waals surface area (Å²) in [6, 6.07) is 0. The fourth-order valence-corrected chi connectivity index (χ4v) is 1.70. The van der Waals surface area contributed by atoms with Crippen molar-refractivity contribution < 1.29 is 0 Å². The van der Waals surface area contributed by atoms with E-state index in [-0.39, 0.29) is 0 Å². The maximum atomic E-state index is 6.03. The first-order valence-corrected chi connectivity index (χ1v) is 5.06. The molecule has 1 fully saturated rings. The van der Waals surface area contributed by atoms with Gasteiger partial charge in [-0.25, -0.2) is 4.98 Å². The van der Waals surface area contributed by atoms with Crippen molar-refractivity contribution in [3.8, 4) is 0 Å². The van der Waals surface area contributed by atoms with Gasteiger partial charge >= 0.3 is 0 Å². The Labute approximate surface area is 83.1 Å². The smallest absolute Gasteiger partial charge is 0.128 e. The minimum atomic E-state index is 0.671. The van der Waals surface area contributed by atoms with Gasteiger partial charge in [-0.1, -0.05) is 11.6 Å². The van der Waals surface area contributed by atoms with E-state index in [1.165, 1.54) is 18.7 Å². The Morgan fingerprint density at radius 2 is 2.46 bits per heavy atom. The summed E-state index contributed by atoms with van der Waals surface area (Å²) in [5, 5.41) is 3.87. The van der Waals surface area contributed by atoms with Gasteiger partial charge in [-0.05, 0) is 19.9 Å². The van der Waals surface area contributed by atoms with Crippen molar-refractivity contribution in [3.05, 3.63) is 17.2 Å². The highest BCUT2D eigenvalue weighted by molar-refractivity contribution is 6.29. The van der Waals surface area contributed by atoms with Gasteiger partial charge in [0.1, 0.15) is 11.0 Å². The largest absolute Gasteiger partial charge is 0.318 e. The second-order valence-electron chi connectivity index (χ2n) is 3.47. The van der Waals surface area contributed by atoms with Crippen molar-refractivity contribution in [2.45, 2.75) is 25.3 Å². The molecule has 13 heavy (non-hydrogen) atoms. The van der Waals surface area contributed by atoms with Gasteiger partial charge < -0.3 is 9.88 Å². The first-order chi connectivity index (χ1) is 6.33. The Balaban J connectivity index is 2.14. The van der Waals surface area contributed by atoms with Gasteiger partial charge in [0.2, 0.25) is 0 Å². The van der Waals surface area contributed by atoms with Crippen LogP contribution in [0.15, 0.2) is 6.20 Å². The van der Waals surface area contributed by atoms with Crippen LogP contribution in [0, 0.1) is 0 Å². The molecule has 1 heterocycles. The van der Waals surface area contributed by atoms with Crippen LogP contribution in [0.1, 0.15) is 24.6 Å². The van der Waals surface area contributed by atoms with Gasteiger partial charge in [0.25, 0.3) is 0 Å². The number of hydrogen-bond acceptors (Lipinski definition) is 2. The zero-order valence-electron chi connectivity index (χ0n) is 7.76. The number of likely N-dealkylation sites (N-methyl/N-ethyl adjacent to an activating group) is 1. The normalized spacial score (nSPS) is 16.5. The first-order valence-electron chi connectivity index (χ1n) is 4.68. The van der Waals surface area contributed by atoms with Crippen molar-refractivity contribution in [1.82, 2.24) is 14.9 Å². The van der Waals surface area contributed by atoms with Gasteiger partial charge in [-0.3, -0.25) is 0 Å². The summed E-state index contributed by atoms with van der Waals surface area (Å²) in [5.41, 5.74) is 0. The van der Waals surface area contributed by atoms with E-state index >= 15 is 0 Å². The number of halogens is 1. The van der Waals surface area contributed by atoms with Crippen LogP contribution in [0.4, 0.5) is 0 Å². The maximum absolute atomic E-state index is 6.03. The fraction of sp³-hybridized carbons (Fsp3) is 0.667. The fourth-order valence-electron chi connectivity index (χ4n) is 1.48. The molecule has 72 valence electrons. The number of nitrogens with one attached hydrogen (secondary N) is 1. The molecule has 0 spiro atoms. The molecule has 2 rings (SSSR count). The molecule has 4 heteroatoms. The third-order valence-corrected chi connectivity index (χ3v) is 2.67. The van der Waals surface area contributed by atoms with Crippen molar-refractivity contribution in [1.29, 1.82) is 0 Å². The zero-order valence-corrected chi connectivity index (χ0v) is 8.51. The summed E-state index contributed by atoms with van der Waals surface area (Å²) in [6.07, 6.45) is 4.30. The lowest BCUT2D eigenvalue weighted by Gasteiger charge is -2.07. The van der Waals surface area contributed by atoms with Crippen molar-refractivity contribution in [2.24, 2.45) is 0 Å². The van der Waals surface area contributed by atoms with E-state index in [0.29, 0.717) is 5.92 Å². The number of rotatable bonds is 4. The van der Waals surface area contributed by atoms with Crippen LogP contribution in [0.3, 0.4) is 0 Å². The Hall–Kier alpha value is -0.540. The number of nitrogens with zero attached hydrogens (tertiary/aromatic N) is 2. The van der Waals surface area contributed by atoms with Crippen LogP contribution in [0.25, 0.3) is 0 Å². The molecular weight excluding hydrogens is 186 g/mol. The van der Waals surface area contributed by atoms with Crippen LogP contribution in [-0.4, -0.2) is 23.1 Å². The van der Waals surface area contributed by atoms with E-state index in [1.54, 1.807) is 6.20 Å². The van der Waals surface area contributed by atoms with Gasteiger partial charge in [0.05, 0.1) is 6.20 Å². The lowest BCUT2D eigenvalue weighted by molar-refractivity contribution is 0.616. The third kappa shape index (κ3) is 1.86. The van der Waals surface area contributed by atoms with Crippen molar-refractivity contribution in [2.75, 3.05) is 13.6 Å². The number of imidazole rings is 1. The second kappa shape index (κ2) is 3.68. The molecule has 0 saturated heterocycles. The van der Waals surface area contributed by atoms with Gasteiger partial charge in [-0.15, -0.1) is 0 Å². The minimum Gasteiger partial charge on any atom is -0.318 e. The molecule has 1 aliphatic carbocycles. The summed E-state index contributed by atoms with van der Waals surface area (Å²) in [4.78, 5) is 4.33. The molecule has 3 nitrogen and oxygen atoms in total. The summed E-state index contributed by atoms with van der Waals surface area (Å²) >= 11 is 6.03. The number of hydrogen-bond donors (Lipinski definition) is 1. The molecule has 0 atom stereocenters. The SMILES string of the molecule is CNCCn1c(Cl)cnc1C1CC1. The molecule has 1 aromatic rings. The first kappa shape index (κ1) is 9.03. The average molecular weight is 200 g/mol. The molecule has 1 N–H and O–H groups in total. The summed E-state index contributed by atoms with van der Waals surface area (Å²) in [7, 11) is 1.95. The molecule has 0 amide bonds. The Morgan fingerprint density at radius 3 is 3.08 bits per heavy atom. The topological polar surface area (TPSA) is 29.9 Å². The maximum Gasteiger partial charge on any atom is 0.128 e. The van der Waals surface area contributed by atoms with Crippen molar-refractivity contribution in [3.63, 3.8) is 0 Å². The monoisotopic (exact) mass is 199 g/mol. The molecule has 1 aliphatic rings. The molecule has 0 bridgehead atoms. The molecule has 0 unspecified atom stereocenters. The summed E-state index contributed by atoms with van der Waals surface area (Å²) < 4.78 is 2.11. The standard InChI is InChI=1S/C9H14ClN3/c1-11-4-5-13-8(10)6-12-9(13)7-2-3-7/h6-7,11H,2-5H2,1H3. The molecule has 0 aromatic carbocycles. The van der Waals surface area contributed by atoms with E-state index in [2.05, 4.69) is 14.9 Å². The van der Waals surface area contributed by atoms with E-state index < -0.39 is 0 Å². The lowest BCUT2D eigenvalue weighted by Crippen LogP contribution is -2.16. The lowest BCUT2D eigenvalue weighted by atomic mass is 10.4. The van der Waals surface area contributed by atoms with Crippen molar-refractivity contribution >= 4 is 11.6 Å². The van der Waals surface area contributed by atoms with Crippen LogP contribution < -0.4 is 5.32 Å². The molecule has 1 saturated carbocycles. The van der Waals surface area contributed by atoms with Gasteiger partial charge in [0.15, 0.2) is 0 Å². The van der Waals surface area contributed by atoms with E-state index in [0.717, 1.165) is 18.2 Å². The summed E-state index contributed by atoms with van der Waals surface area (Å²) in [5.74, 6) is 1.84. The predicted octanol–water partition coefficient (Wildman–Crippen LogP) is 1.63. The molecular formula is C9H14ClN3. The van der Waals surface area contributed by atoms with Gasteiger partial charge in [-0.2, -0.15) is 0 Å². The zero-order chi connectivity index (χ0) is 9.26. The quantitative estimate of drug-likeness (QED) is 0.799. The van der Waals surface area contributed by atoms with Crippen LogP contribution in [-0.2, 0) is 6.54 Å². The van der Waals surface area contributed by atoms with E-state index in [9.17, 15) is 0 Å². The second-order valence-corrected chi connectivity index (χ2v) is 3.86. The third-order valence-electron chi connectivity index (χ3n) is 2.37. The van der Waals surface area contributed by atoms with Crippen LogP contribution in [0.2, 0.25) is 5.15 Å². The average Bonchev–Trinajstić information content (AvgIpc) is 2.89. The Bertz CT molecular complexity index is 291. The summed E-state index contributed by atoms with van der Waals surface area (Å²) in [6.45, 7) is 1.86. The van der Waals surface area contributed by atoms with E-state index in [4.69, 9.17) is 11.6 Å². The highest BCUT2D eigenvalue weighted by atomic mass is 35.5. The number of aromatic nitrogens is 2. The Kier molecular flexibility index (Phi) is 2.56. The molecule has 1 aromatic heterocycles.